The van der Waals surface area contributed by atoms with E-state index in [1.165, 1.54) is 0 Å². The second-order valence-electron chi connectivity index (χ2n) is 5.04. The van der Waals surface area contributed by atoms with Crippen LogP contribution in [0.5, 0.6) is 0 Å². The fourth-order valence-corrected chi connectivity index (χ4v) is 2.10. The topological polar surface area (TPSA) is 108 Å². The largest absolute Gasteiger partial charge is 0.490 e. The maximum atomic E-state index is 11.6. The molecule has 0 spiro atoms. The first-order chi connectivity index (χ1) is 10.2. The van der Waals surface area contributed by atoms with Gasteiger partial charge in [0, 0.05) is 18.8 Å². The van der Waals surface area contributed by atoms with E-state index in [1.807, 2.05) is 6.07 Å². The summed E-state index contributed by atoms with van der Waals surface area (Å²) in [5.41, 5.74) is 6.43. The van der Waals surface area contributed by atoms with Crippen LogP contribution in [0.4, 0.5) is 13.2 Å². The van der Waals surface area contributed by atoms with Crippen LogP contribution in [0.25, 0.3) is 0 Å². The molecule has 9 heteroatoms. The van der Waals surface area contributed by atoms with Gasteiger partial charge < -0.3 is 21.1 Å². The smallest absolute Gasteiger partial charge is 0.475 e. The lowest BCUT2D eigenvalue weighted by Crippen LogP contribution is -2.29. The number of amides is 1. The number of H-pyrrole nitrogens is 1. The van der Waals surface area contributed by atoms with E-state index in [2.05, 4.69) is 10.3 Å². The number of carboxylic acids is 1. The van der Waals surface area contributed by atoms with Gasteiger partial charge >= 0.3 is 12.1 Å². The maximum absolute atomic E-state index is 11.6. The van der Waals surface area contributed by atoms with Crippen molar-refractivity contribution in [1.82, 2.24) is 10.3 Å². The molecule has 6 nitrogen and oxygen atoms in total. The van der Waals surface area contributed by atoms with E-state index in [1.54, 1.807) is 12.3 Å². The molecule has 0 aromatic carbocycles. The van der Waals surface area contributed by atoms with Crippen LogP contribution in [0, 0.1) is 5.92 Å². The third kappa shape index (κ3) is 6.17. The van der Waals surface area contributed by atoms with Crippen molar-refractivity contribution < 1.29 is 27.9 Å². The minimum absolute atomic E-state index is 0.0273. The molecular formula is C13H18F3N3O3. The molecule has 0 bridgehead atoms. The quantitative estimate of drug-likeness (QED) is 0.676. The highest BCUT2D eigenvalue weighted by Crippen LogP contribution is 2.23. The average Bonchev–Trinajstić information content (AvgIpc) is 3.06. The van der Waals surface area contributed by atoms with E-state index in [4.69, 9.17) is 15.6 Å². The third-order valence-corrected chi connectivity index (χ3v) is 3.22. The number of carbonyl (C=O) groups is 2. The molecular weight excluding hydrogens is 303 g/mol. The van der Waals surface area contributed by atoms with Crippen LogP contribution in [0.15, 0.2) is 18.3 Å². The predicted octanol–water partition coefficient (Wildman–Crippen LogP) is 1.51. The Bertz CT molecular complexity index is 488. The summed E-state index contributed by atoms with van der Waals surface area (Å²) in [5, 5.41) is 10.0. The Hall–Kier alpha value is -2.03. The lowest BCUT2D eigenvalue weighted by Gasteiger charge is -2.10. The number of carbonyl (C=O) groups excluding carboxylic acids is 1. The molecule has 22 heavy (non-hydrogen) atoms. The van der Waals surface area contributed by atoms with Gasteiger partial charge in [0.15, 0.2) is 0 Å². The van der Waals surface area contributed by atoms with Gasteiger partial charge in [0.1, 0.15) is 5.69 Å². The van der Waals surface area contributed by atoms with Crippen molar-refractivity contribution in [3.05, 3.63) is 24.0 Å². The highest BCUT2D eigenvalue weighted by atomic mass is 19.4. The van der Waals surface area contributed by atoms with Gasteiger partial charge in [-0.25, -0.2) is 4.79 Å². The van der Waals surface area contributed by atoms with Crippen molar-refractivity contribution in [1.29, 1.82) is 0 Å². The molecule has 1 aliphatic rings. The monoisotopic (exact) mass is 321 g/mol. The summed E-state index contributed by atoms with van der Waals surface area (Å²) >= 11 is 0. The minimum atomic E-state index is -5.08. The number of aromatic nitrogens is 1. The predicted molar refractivity (Wildman–Crippen MR) is 72.1 cm³/mol. The van der Waals surface area contributed by atoms with E-state index >= 15 is 0 Å². The fraction of sp³-hybridized carbons (Fsp3) is 0.538. The maximum Gasteiger partial charge on any atom is 0.490 e. The summed E-state index contributed by atoms with van der Waals surface area (Å²) in [5.74, 6) is -2.23. The van der Waals surface area contributed by atoms with Crippen molar-refractivity contribution in [3.8, 4) is 0 Å². The van der Waals surface area contributed by atoms with Gasteiger partial charge in [-0.1, -0.05) is 0 Å². The Morgan fingerprint density at radius 1 is 1.41 bits per heavy atom. The number of nitrogens with one attached hydrogen (secondary N) is 2. The molecule has 1 saturated carbocycles. The number of aromatic amines is 1. The normalized spacial score (nSPS) is 20.9. The molecule has 1 aromatic heterocycles. The van der Waals surface area contributed by atoms with Crippen molar-refractivity contribution >= 4 is 11.9 Å². The Morgan fingerprint density at radius 2 is 2.05 bits per heavy atom. The number of rotatable bonds is 3. The molecule has 1 heterocycles. The van der Waals surface area contributed by atoms with Crippen LogP contribution in [-0.2, 0) is 4.79 Å². The lowest BCUT2D eigenvalue weighted by molar-refractivity contribution is -0.192. The molecule has 0 saturated heterocycles. The van der Waals surface area contributed by atoms with Crippen molar-refractivity contribution in [3.63, 3.8) is 0 Å². The Kier molecular flexibility index (Phi) is 6.41. The van der Waals surface area contributed by atoms with Gasteiger partial charge in [0.05, 0.1) is 0 Å². The molecule has 2 atom stereocenters. The molecule has 1 aromatic rings. The number of alkyl halides is 3. The summed E-state index contributed by atoms with van der Waals surface area (Å²) in [7, 11) is 0. The number of aliphatic carboxylic acids is 1. The molecule has 2 rings (SSSR count). The SMILES string of the molecule is N[C@@H]1CC[C@H](CNC(=O)c2ccc[nH]2)C1.O=C(O)C(F)(F)F. The van der Waals surface area contributed by atoms with Crippen molar-refractivity contribution in [2.24, 2.45) is 11.7 Å². The Balaban J connectivity index is 0.000000295. The zero-order chi connectivity index (χ0) is 16.8. The first-order valence-electron chi connectivity index (χ1n) is 6.67. The van der Waals surface area contributed by atoms with Crippen LogP contribution >= 0.6 is 0 Å². The molecule has 1 aliphatic carbocycles. The average molecular weight is 321 g/mol. The first kappa shape index (κ1) is 18.0. The van der Waals surface area contributed by atoms with Gasteiger partial charge in [0.25, 0.3) is 5.91 Å². The second-order valence-corrected chi connectivity index (χ2v) is 5.04. The molecule has 0 aliphatic heterocycles. The number of hydrogen-bond donors (Lipinski definition) is 4. The van der Waals surface area contributed by atoms with Gasteiger partial charge in [0.2, 0.25) is 0 Å². The molecule has 124 valence electrons. The molecule has 0 unspecified atom stereocenters. The van der Waals surface area contributed by atoms with Crippen LogP contribution in [0.1, 0.15) is 29.8 Å². The number of carboxylic acid groups (broad SMARTS) is 1. The summed E-state index contributed by atoms with van der Waals surface area (Å²) in [6.45, 7) is 0.742. The summed E-state index contributed by atoms with van der Waals surface area (Å²) in [6, 6.07) is 3.92. The minimum Gasteiger partial charge on any atom is -0.475 e. The van der Waals surface area contributed by atoms with Gasteiger partial charge in [-0.2, -0.15) is 13.2 Å². The zero-order valence-corrected chi connectivity index (χ0v) is 11.7. The van der Waals surface area contributed by atoms with E-state index < -0.39 is 12.1 Å². The summed E-state index contributed by atoms with van der Waals surface area (Å²) < 4.78 is 31.7. The van der Waals surface area contributed by atoms with Crippen LogP contribution < -0.4 is 11.1 Å². The Morgan fingerprint density at radius 3 is 2.45 bits per heavy atom. The van der Waals surface area contributed by atoms with Crippen molar-refractivity contribution in [2.45, 2.75) is 31.5 Å². The second kappa shape index (κ2) is 7.83. The number of hydrogen-bond acceptors (Lipinski definition) is 3. The van der Waals surface area contributed by atoms with E-state index in [-0.39, 0.29) is 5.91 Å². The highest BCUT2D eigenvalue weighted by Gasteiger charge is 2.38. The first-order valence-corrected chi connectivity index (χ1v) is 6.67. The van der Waals surface area contributed by atoms with Crippen LogP contribution in [-0.4, -0.2) is 40.7 Å². The summed E-state index contributed by atoms with van der Waals surface area (Å²) in [6.07, 6.45) is -0.0827. The van der Waals surface area contributed by atoms with Gasteiger partial charge in [-0.05, 0) is 37.3 Å². The molecule has 0 radical (unpaired) electrons. The van der Waals surface area contributed by atoms with Crippen LogP contribution in [0.2, 0.25) is 0 Å². The third-order valence-electron chi connectivity index (χ3n) is 3.22. The fourth-order valence-electron chi connectivity index (χ4n) is 2.10. The standard InChI is InChI=1S/C11H17N3O.C2HF3O2/c12-9-4-3-8(6-9)7-14-11(15)10-2-1-5-13-10;3-2(4,5)1(6)7/h1-2,5,8-9,13H,3-4,6-7,12H2,(H,14,15);(H,6,7)/t8-,9+;/m0./s1. The zero-order valence-electron chi connectivity index (χ0n) is 11.7. The summed E-state index contributed by atoms with van der Waals surface area (Å²) in [4.78, 5) is 23.4. The molecule has 1 amide bonds. The van der Waals surface area contributed by atoms with Crippen LogP contribution in [0.3, 0.4) is 0 Å². The van der Waals surface area contributed by atoms with Crippen molar-refractivity contribution in [2.75, 3.05) is 6.54 Å². The number of nitrogens with two attached hydrogens (primary N) is 1. The van der Waals surface area contributed by atoms with Gasteiger partial charge in [-0.3, -0.25) is 4.79 Å². The van der Waals surface area contributed by atoms with E-state index in [9.17, 15) is 18.0 Å². The molecule has 1 fully saturated rings. The molecule has 5 N–H and O–H groups in total. The Labute approximate surface area is 124 Å². The van der Waals surface area contributed by atoms with E-state index in [0.717, 1.165) is 25.8 Å². The number of halogens is 3. The lowest BCUT2D eigenvalue weighted by atomic mass is 10.1. The van der Waals surface area contributed by atoms with E-state index in [0.29, 0.717) is 17.7 Å². The van der Waals surface area contributed by atoms with Gasteiger partial charge in [-0.15, -0.1) is 0 Å². The highest BCUT2D eigenvalue weighted by molar-refractivity contribution is 5.92.